The van der Waals surface area contributed by atoms with Crippen molar-refractivity contribution in [1.82, 2.24) is 10.6 Å². The first-order chi connectivity index (χ1) is 4.20. The molecule has 2 amide bonds. The zero-order chi connectivity index (χ0) is 6.85. The number of hydrogen-bond acceptors (Lipinski definition) is 1. The summed E-state index contributed by atoms with van der Waals surface area (Å²) in [6, 6.07) is 0.164. The number of urea groups is 1. The van der Waals surface area contributed by atoms with E-state index < -0.39 is 0 Å². The van der Waals surface area contributed by atoms with Crippen LogP contribution in [-0.2, 0) is 0 Å². The van der Waals surface area contributed by atoms with E-state index in [1.165, 1.54) is 0 Å². The van der Waals surface area contributed by atoms with Crippen LogP contribution in [0, 0.1) is 0 Å². The van der Waals surface area contributed by atoms with E-state index in [0.717, 1.165) is 0 Å². The van der Waals surface area contributed by atoms with Crippen LogP contribution < -0.4 is 10.6 Å². The van der Waals surface area contributed by atoms with Gasteiger partial charge in [-0.15, -0.1) is 0 Å². The summed E-state index contributed by atoms with van der Waals surface area (Å²) in [6.07, 6.45) is 0. The fourth-order valence-electron chi connectivity index (χ4n) is 0.715. The van der Waals surface area contributed by atoms with Crippen LogP contribution in [0.3, 0.4) is 0 Å². The summed E-state index contributed by atoms with van der Waals surface area (Å²) in [5.74, 6) is 0. The molecule has 2 N–H and O–H groups in total. The minimum absolute atomic E-state index is 0.0711. The van der Waals surface area contributed by atoms with Crippen LogP contribution in [0.4, 0.5) is 4.79 Å². The van der Waals surface area contributed by atoms with E-state index in [1.807, 2.05) is 6.92 Å². The lowest BCUT2D eigenvalue weighted by molar-refractivity contribution is 0.231. The Morgan fingerprint density at radius 3 is 2.89 bits per heavy atom. The van der Waals surface area contributed by atoms with Gasteiger partial charge in [-0.3, -0.25) is 0 Å². The van der Waals surface area contributed by atoms with Gasteiger partial charge in [-0.1, -0.05) is 15.9 Å². The van der Waals surface area contributed by atoms with Crippen LogP contribution in [0.2, 0.25) is 0 Å². The molecule has 0 saturated carbocycles. The van der Waals surface area contributed by atoms with Crippen molar-refractivity contribution in [2.24, 2.45) is 0 Å². The van der Waals surface area contributed by atoms with E-state index in [4.69, 9.17) is 0 Å². The van der Waals surface area contributed by atoms with Gasteiger partial charge in [0.2, 0.25) is 0 Å². The van der Waals surface area contributed by atoms with Crippen LogP contribution in [0.5, 0.6) is 0 Å². The third-order valence-electron chi connectivity index (χ3n) is 1.36. The van der Waals surface area contributed by atoms with Gasteiger partial charge in [0.25, 0.3) is 0 Å². The van der Waals surface area contributed by atoms with Crippen molar-refractivity contribution in [3.8, 4) is 0 Å². The molecule has 0 aromatic heterocycles. The van der Waals surface area contributed by atoms with Crippen LogP contribution in [0.25, 0.3) is 0 Å². The van der Waals surface area contributed by atoms with Gasteiger partial charge in [-0.2, -0.15) is 0 Å². The monoisotopic (exact) mass is 192 g/mol. The van der Waals surface area contributed by atoms with Gasteiger partial charge < -0.3 is 10.6 Å². The number of alkyl halides is 1. The molecule has 9 heavy (non-hydrogen) atoms. The van der Waals surface area contributed by atoms with Crippen LogP contribution in [0.1, 0.15) is 6.92 Å². The van der Waals surface area contributed by atoms with Gasteiger partial charge in [0.1, 0.15) is 0 Å². The molecule has 0 aromatic carbocycles. The van der Waals surface area contributed by atoms with Gasteiger partial charge >= 0.3 is 6.03 Å². The largest absolute Gasteiger partial charge is 0.337 e. The Labute approximate surface area is 62.3 Å². The standard InChI is InChI=1S/C5H9BrN2O/c1-3-4(6)2-7-5(9)8-3/h3-4H,2H2,1H3,(H2,7,8,9). The third-order valence-corrected chi connectivity index (χ3v) is 2.48. The molecule has 0 spiro atoms. The van der Waals surface area contributed by atoms with Gasteiger partial charge in [0.15, 0.2) is 0 Å². The maximum atomic E-state index is 10.6. The van der Waals surface area contributed by atoms with Crippen molar-refractivity contribution in [2.45, 2.75) is 17.8 Å². The van der Waals surface area contributed by atoms with Crippen molar-refractivity contribution >= 4 is 22.0 Å². The SMILES string of the molecule is CC1NC(=O)NCC1Br. The molecule has 1 aliphatic heterocycles. The van der Waals surface area contributed by atoms with Crippen molar-refractivity contribution in [3.05, 3.63) is 0 Å². The molecule has 1 rings (SSSR count). The molecular formula is C5H9BrN2O. The van der Waals surface area contributed by atoms with Gasteiger partial charge in [-0.05, 0) is 6.92 Å². The number of carbonyl (C=O) groups excluding carboxylic acids is 1. The van der Waals surface area contributed by atoms with Crippen LogP contribution in [-0.4, -0.2) is 23.4 Å². The van der Waals surface area contributed by atoms with E-state index in [-0.39, 0.29) is 12.1 Å². The summed E-state index contributed by atoms with van der Waals surface area (Å²) in [4.78, 5) is 10.9. The third kappa shape index (κ3) is 1.58. The lowest BCUT2D eigenvalue weighted by atomic mass is 10.2. The molecule has 1 fully saturated rings. The predicted octanol–water partition coefficient (Wildman–Crippen LogP) is 0.451. The summed E-state index contributed by atoms with van der Waals surface area (Å²) in [7, 11) is 0. The molecule has 0 aromatic rings. The first-order valence-electron chi connectivity index (χ1n) is 2.88. The zero-order valence-electron chi connectivity index (χ0n) is 5.15. The molecule has 0 aliphatic carbocycles. The average Bonchev–Trinajstić information content (AvgIpc) is 1.80. The zero-order valence-corrected chi connectivity index (χ0v) is 6.73. The predicted molar refractivity (Wildman–Crippen MR) is 38.7 cm³/mol. The number of amides is 2. The second-order valence-electron chi connectivity index (χ2n) is 2.16. The molecule has 1 heterocycles. The minimum Gasteiger partial charge on any atom is -0.337 e. The van der Waals surface area contributed by atoms with Crippen molar-refractivity contribution < 1.29 is 4.79 Å². The molecular weight excluding hydrogens is 184 g/mol. The number of hydrogen-bond donors (Lipinski definition) is 2. The van der Waals surface area contributed by atoms with Gasteiger partial charge in [0.05, 0.1) is 4.83 Å². The second kappa shape index (κ2) is 2.56. The molecule has 2 atom stereocenters. The maximum absolute atomic E-state index is 10.6. The first-order valence-corrected chi connectivity index (χ1v) is 3.80. The molecule has 0 bridgehead atoms. The molecule has 52 valence electrons. The molecule has 1 aliphatic rings. The summed E-state index contributed by atoms with van der Waals surface area (Å²) in [5, 5.41) is 5.40. The summed E-state index contributed by atoms with van der Waals surface area (Å²) >= 11 is 3.40. The lowest BCUT2D eigenvalue weighted by Gasteiger charge is -2.25. The van der Waals surface area contributed by atoms with E-state index in [9.17, 15) is 4.79 Å². The number of nitrogens with one attached hydrogen (secondary N) is 2. The quantitative estimate of drug-likeness (QED) is 0.539. The fourth-order valence-corrected chi connectivity index (χ4v) is 1.01. The van der Waals surface area contributed by atoms with Crippen molar-refractivity contribution in [2.75, 3.05) is 6.54 Å². The number of carbonyl (C=O) groups is 1. The topological polar surface area (TPSA) is 41.1 Å². The molecule has 2 unspecified atom stereocenters. The Morgan fingerprint density at radius 1 is 1.78 bits per heavy atom. The summed E-state index contributed by atoms with van der Waals surface area (Å²) in [5.41, 5.74) is 0. The minimum atomic E-state index is -0.0711. The van der Waals surface area contributed by atoms with E-state index >= 15 is 0 Å². The van der Waals surface area contributed by atoms with Gasteiger partial charge in [0, 0.05) is 12.6 Å². The molecule has 0 radical (unpaired) electrons. The maximum Gasteiger partial charge on any atom is 0.315 e. The van der Waals surface area contributed by atoms with Gasteiger partial charge in [-0.25, -0.2) is 4.79 Å². The first kappa shape index (κ1) is 6.86. The molecule has 1 saturated heterocycles. The van der Waals surface area contributed by atoms with E-state index in [2.05, 4.69) is 26.6 Å². The fraction of sp³-hybridized carbons (Fsp3) is 0.800. The Balaban J connectivity index is 2.44. The normalized spacial score (nSPS) is 35.1. The smallest absolute Gasteiger partial charge is 0.315 e. The van der Waals surface area contributed by atoms with Crippen LogP contribution >= 0.6 is 15.9 Å². The Hall–Kier alpha value is -0.250. The lowest BCUT2D eigenvalue weighted by Crippen LogP contribution is -2.54. The molecule has 3 nitrogen and oxygen atoms in total. The Bertz CT molecular complexity index is 128. The summed E-state index contributed by atoms with van der Waals surface area (Å²) in [6.45, 7) is 2.69. The van der Waals surface area contributed by atoms with E-state index in [0.29, 0.717) is 11.4 Å². The highest BCUT2D eigenvalue weighted by molar-refractivity contribution is 9.09. The van der Waals surface area contributed by atoms with Crippen molar-refractivity contribution in [1.29, 1.82) is 0 Å². The number of halogens is 1. The van der Waals surface area contributed by atoms with E-state index in [1.54, 1.807) is 0 Å². The highest BCUT2D eigenvalue weighted by atomic mass is 79.9. The van der Waals surface area contributed by atoms with Crippen LogP contribution in [0.15, 0.2) is 0 Å². The highest BCUT2D eigenvalue weighted by Gasteiger charge is 2.21. The number of rotatable bonds is 0. The Kier molecular flexibility index (Phi) is 1.95. The summed E-state index contributed by atoms with van der Waals surface area (Å²) < 4.78 is 0. The second-order valence-corrected chi connectivity index (χ2v) is 3.34. The highest BCUT2D eigenvalue weighted by Crippen LogP contribution is 2.06. The van der Waals surface area contributed by atoms with Crippen molar-refractivity contribution in [3.63, 3.8) is 0 Å². The molecule has 4 heteroatoms. The average molecular weight is 193 g/mol. The Morgan fingerprint density at radius 2 is 2.44 bits per heavy atom.